The van der Waals surface area contributed by atoms with Crippen molar-refractivity contribution in [3.63, 3.8) is 0 Å². The zero-order valence-corrected chi connectivity index (χ0v) is 13.5. The lowest BCUT2D eigenvalue weighted by Gasteiger charge is -2.31. The third kappa shape index (κ3) is 3.40. The fraction of sp³-hybridized carbons (Fsp3) is 0.400. The minimum Gasteiger partial charge on any atom is -0.322 e. The molecule has 2 aromatic heterocycles. The third-order valence-electron chi connectivity index (χ3n) is 3.76. The van der Waals surface area contributed by atoms with E-state index < -0.39 is 12.2 Å². The largest absolute Gasteiger partial charge is 0.322 e. The van der Waals surface area contributed by atoms with Crippen molar-refractivity contribution in [2.24, 2.45) is 0 Å². The molecule has 0 bridgehead atoms. The van der Waals surface area contributed by atoms with Gasteiger partial charge in [0.25, 0.3) is 5.91 Å². The van der Waals surface area contributed by atoms with Crippen molar-refractivity contribution in [1.29, 1.82) is 0 Å². The normalized spacial score (nSPS) is 20.5. The van der Waals surface area contributed by atoms with Crippen LogP contribution in [0, 0.1) is 6.92 Å². The second kappa shape index (κ2) is 6.75. The minimum absolute atomic E-state index is 0.0510. The van der Waals surface area contributed by atoms with Crippen LogP contribution in [0.15, 0.2) is 24.7 Å². The van der Waals surface area contributed by atoms with Gasteiger partial charge in [0.1, 0.15) is 11.5 Å². The third-order valence-corrected chi connectivity index (χ3v) is 3.76. The highest BCUT2D eigenvalue weighted by atomic mass is 16.2. The lowest BCUT2D eigenvalue weighted by molar-refractivity contribution is -0.125. The Morgan fingerprint density at radius 2 is 2.29 bits per heavy atom. The highest BCUT2D eigenvalue weighted by Crippen LogP contribution is 2.18. The Balaban J connectivity index is 1.83. The van der Waals surface area contributed by atoms with Gasteiger partial charge in [-0.1, -0.05) is 6.92 Å². The van der Waals surface area contributed by atoms with E-state index in [1.807, 2.05) is 13.8 Å². The molecule has 9 heteroatoms. The molecule has 2 aromatic rings. The summed E-state index contributed by atoms with van der Waals surface area (Å²) in [7, 11) is 0. The number of hydrogen-bond donors (Lipinski definition) is 3. The number of nitrogens with zero attached hydrogens (tertiary/aromatic N) is 4. The Morgan fingerprint density at radius 3 is 3.00 bits per heavy atom. The van der Waals surface area contributed by atoms with Gasteiger partial charge in [0.2, 0.25) is 5.91 Å². The van der Waals surface area contributed by atoms with E-state index >= 15 is 0 Å². The van der Waals surface area contributed by atoms with Crippen LogP contribution < -0.4 is 16.0 Å². The average Bonchev–Trinajstić information content (AvgIpc) is 2.95. The molecule has 1 aliphatic rings. The van der Waals surface area contributed by atoms with Gasteiger partial charge in [0.15, 0.2) is 6.29 Å². The van der Waals surface area contributed by atoms with Crippen molar-refractivity contribution in [1.82, 2.24) is 30.4 Å². The fourth-order valence-corrected chi connectivity index (χ4v) is 2.56. The van der Waals surface area contributed by atoms with Crippen LogP contribution in [0.1, 0.15) is 42.2 Å². The summed E-state index contributed by atoms with van der Waals surface area (Å²) in [6.45, 7) is 3.83. The molecule has 3 N–H and O–H groups in total. The smallest absolute Gasteiger partial charge is 0.277 e. The standard InChI is InChI=1S/C15H19N7O2/c1-3-10-7-13(23)20-15(18-10)22-12(6-9(2)21-22)19-14(24)11-8-16-4-5-17-11/h4-6,8,10,15,18H,3,7H2,1-2H3,(H,19,24)(H,20,23). The highest BCUT2D eigenvalue weighted by molar-refractivity contribution is 6.02. The molecule has 3 rings (SSSR count). The molecule has 126 valence electrons. The van der Waals surface area contributed by atoms with Crippen molar-refractivity contribution in [3.8, 4) is 0 Å². The first kappa shape index (κ1) is 16.1. The lowest BCUT2D eigenvalue weighted by atomic mass is 10.1. The molecule has 2 unspecified atom stereocenters. The number of hydrogen-bond acceptors (Lipinski definition) is 6. The van der Waals surface area contributed by atoms with E-state index in [9.17, 15) is 9.59 Å². The van der Waals surface area contributed by atoms with Crippen LogP contribution in [0.3, 0.4) is 0 Å². The molecule has 0 aliphatic carbocycles. The first-order valence-corrected chi connectivity index (χ1v) is 7.75. The Kier molecular flexibility index (Phi) is 4.52. The van der Waals surface area contributed by atoms with E-state index in [1.165, 1.54) is 18.6 Å². The second-order valence-corrected chi connectivity index (χ2v) is 5.61. The molecule has 2 atom stereocenters. The van der Waals surface area contributed by atoms with Gasteiger partial charge in [-0.05, 0) is 13.3 Å². The minimum atomic E-state index is -0.512. The predicted molar refractivity (Wildman–Crippen MR) is 86.0 cm³/mol. The molecule has 1 saturated heterocycles. The maximum atomic E-state index is 12.3. The van der Waals surface area contributed by atoms with Gasteiger partial charge in [-0.25, -0.2) is 9.67 Å². The van der Waals surface area contributed by atoms with Gasteiger partial charge in [0.05, 0.1) is 11.9 Å². The van der Waals surface area contributed by atoms with E-state index in [0.29, 0.717) is 12.2 Å². The summed E-state index contributed by atoms with van der Waals surface area (Å²) in [5.41, 5.74) is 0.925. The van der Waals surface area contributed by atoms with Crippen LogP contribution in [0.25, 0.3) is 0 Å². The van der Waals surface area contributed by atoms with E-state index in [0.717, 1.165) is 12.1 Å². The maximum absolute atomic E-state index is 12.3. The zero-order valence-electron chi connectivity index (χ0n) is 13.5. The highest BCUT2D eigenvalue weighted by Gasteiger charge is 2.28. The van der Waals surface area contributed by atoms with Gasteiger partial charge < -0.3 is 10.6 Å². The monoisotopic (exact) mass is 329 g/mol. The number of aromatic nitrogens is 4. The topological polar surface area (TPSA) is 114 Å². The van der Waals surface area contributed by atoms with Crippen LogP contribution in [-0.2, 0) is 4.79 Å². The van der Waals surface area contributed by atoms with Crippen molar-refractivity contribution in [2.75, 3.05) is 5.32 Å². The summed E-state index contributed by atoms with van der Waals surface area (Å²) >= 11 is 0. The van der Waals surface area contributed by atoms with Gasteiger partial charge >= 0.3 is 0 Å². The summed E-state index contributed by atoms with van der Waals surface area (Å²) in [5, 5.41) is 13.3. The van der Waals surface area contributed by atoms with Crippen LogP contribution in [0.2, 0.25) is 0 Å². The van der Waals surface area contributed by atoms with Crippen molar-refractivity contribution in [2.45, 2.75) is 39.0 Å². The van der Waals surface area contributed by atoms with Gasteiger partial charge in [-0.2, -0.15) is 5.10 Å². The predicted octanol–water partition coefficient (Wildman–Crippen LogP) is 0.578. The molecule has 24 heavy (non-hydrogen) atoms. The van der Waals surface area contributed by atoms with Crippen LogP contribution in [0.5, 0.6) is 0 Å². The van der Waals surface area contributed by atoms with Crippen LogP contribution in [0.4, 0.5) is 5.82 Å². The Labute approximate surface area is 138 Å². The van der Waals surface area contributed by atoms with E-state index in [2.05, 4.69) is 31.0 Å². The Morgan fingerprint density at radius 1 is 1.46 bits per heavy atom. The number of anilines is 1. The zero-order chi connectivity index (χ0) is 17.1. The van der Waals surface area contributed by atoms with Crippen LogP contribution in [-0.4, -0.2) is 37.6 Å². The fourth-order valence-electron chi connectivity index (χ4n) is 2.56. The Bertz CT molecular complexity index is 744. The van der Waals surface area contributed by atoms with Crippen molar-refractivity contribution >= 4 is 17.6 Å². The SMILES string of the molecule is CCC1CC(=O)NC(n2nc(C)cc2NC(=O)c2cnccn2)N1. The molecule has 0 radical (unpaired) electrons. The number of amides is 2. The number of rotatable bonds is 4. The molecule has 0 spiro atoms. The quantitative estimate of drug-likeness (QED) is 0.756. The molecule has 1 fully saturated rings. The number of carbonyl (C=O) groups excluding carboxylic acids is 2. The van der Waals surface area contributed by atoms with Gasteiger partial charge in [0, 0.05) is 30.9 Å². The molecule has 9 nitrogen and oxygen atoms in total. The molecule has 2 amide bonds. The maximum Gasteiger partial charge on any atom is 0.277 e. The molecular weight excluding hydrogens is 310 g/mol. The van der Waals surface area contributed by atoms with Gasteiger partial charge in [-0.15, -0.1) is 0 Å². The summed E-state index contributed by atoms with van der Waals surface area (Å²) in [5.74, 6) is 0.0288. The Hall–Kier alpha value is -2.81. The van der Waals surface area contributed by atoms with Crippen LogP contribution >= 0.6 is 0 Å². The van der Waals surface area contributed by atoms with E-state index in [1.54, 1.807) is 10.7 Å². The summed E-state index contributed by atoms with van der Waals surface area (Å²) < 4.78 is 1.56. The summed E-state index contributed by atoms with van der Waals surface area (Å²) in [6, 6.07) is 1.80. The van der Waals surface area contributed by atoms with Crippen molar-refractivity contribution in [3.05, 3.63) is 36.0 Å². The first-order chi connectivity index (χ1) is 11.6. The summed E-state index contributed by atoms with van der Waals surface area (Å²) in [4.78, 5) is 32.0. The molecular formula is C15H19N7O2. The molecule has 3 heterocycles. The number of carbonyl (C=O) groups is 2. The first-order valence-electron chi connectivity index (χ1n) is 7.75. The summed E-state index contributed by atoms with van der Waals surface area (Å²) in [6.07, 6.45) is 5.07. The van der Waals surface area contributed by atoms with E-state index in [-0.39, 0.29) is 17.6 Å². The molecule has 1 aliphatic heterocycles. The van der Waals surface area contributed by atoms with Gasteiger partial charge in [-0.3, -0.25) is 19.9 Å². The average molecular weight is 329 g/mol. The lowest BCUT2D eigenvalue weighted by Crippen LogP contribution is -2.53. The van der Waals surface area contributed by atoms with Crippen molar-refractivity contribution < 1.29 is 9.59 Å². The second-order valence-electron chi connectivity index (χ2n) is 5.61. The molecule has 0 saturated carbocycles. The number of nitrogens with one attached hydrogen (secondary N) is 3. The molecule has 0 aromatic carbocycles. The van der Waals surface area contributed by atoms with E-state index in [4.69, 9.17) is 0 Å². The number of aryl methyl sites for hydroxylation is 1.